The van der Waals surface area contributed by atoms with Crippen molar-refractivity contribution < 1.29 is 9.84 Å². The summed E-state index contributed by atoms with van der Waals surface area (Å²) in [4.78, 5) is 0. The van der Waals surface area contributed by atoms with Gasteiger partial charge in [-0.2, -0.15) is 0 Å². The number of methoxy groups -OCH3 is 1. The Bertz CT molecular complexity index is 228. The Kier molecular flexibility index (Phi) is 4.83. The smallest absolute Gasteiger partial charge is 0.0614 e. The summed E-state index contributed by atoms with van der Waals surface area (Å²) in [6.07, 6.45) is 11.3. The van der Waals surface area contributed by atoms with E-state index in [1.807, 2.05) is 0 Å². The van der Waals surface area contributed by atoms with E-state index in [4.69, 9.17) is 4.74 Å². The van der Waals surface area contributed by atoms with E-state index < -0.39 is 0 Å². The largest absolute Gasteiger partial charge is 0.394 e. The fourth-order valence-electron chi connectivity index (χ4n) is 3.51. The summed E-state index contributed by atoms with van der Waals surface area (Å²) < 4.78 is 5.49. The van der Waals surface area contributed by atoms with Crippen molar-refractivity contribution in [3.05, 3.63) is 0 Å². The van der Waals surface area contributed by atoms with Gasteiger partial charge in [-0.05, 0) is 38.5 Å². The van der Waals surface area contributed by atoms with Crippen molar-refractivity contribution in [2.45, 2.75) is 75.5 Å². The highest BCUT2D eigenvalue weighted by atomic mass is 16.5. The average molecular weight is 241 g/mol. The van der Waals surface area contributed by atoms with Crippen LogP contribution in [0.1, 0.15) is 57.8 Å². The SMILES string of the molecule is COC1CCCC(CO)(NC2CCCCC2)C1. The van der Waals surface area contributed by atoms with Gasteiger partial charge in [-0.3, -0.25) is 0 Å². The van der Waals surface area contributed by atoms with Crippen LogP contribution in [0.4, 0.5) is 0 Å². The van der Waals surface area contributed by atoms with Gasteiger partial charge in [0.25, 0.3) is 0 Å². The Morgan fingerprint density at radius 2 is 1.94 bits per heavy atom. The van der Waals surface area contributed by atoms with Crippen LogP contribution in [0.5, 0.6) is 0 Å². The van der Waals surface area contributed by atoms with Crippen LogP contribution in [-0.4, -0.2) is 36.5 Å². The Balaban J connectivity index is 1.92. The first-order valence-electron chi connectivity index (χ1n) is 7.19. The zero-order valence-electron chi connectivity index (χ0n) is 11.1. The zero-order chi connectivity index (χ0) is 12.1. The van der Waals surface area contributed by atoms with Crippen LogP contribution in [0.25, 0.3) is 0 Å². The lowest BCUT2D eigenvalue weighted by Gasteiger charge is -2.43. The van der Waals surface area contributed by atoms with Crippen LogP contribution in [0.15, 0.2) is 0 Å². The van der Waals surface area contributed by atoms with Crippen molar-refractivity contribution in [2.75, 3.05) is 13.7 Å². The number of rotatable bonds is 4. The van der Waals surface area contributed by atoms with Crippen molar-refractivity contribution in [1.82, 2.24) is 5.32 Å². The number of aliphatic hydroxyl groups is 1. The predicted molar refractivity (Wildman–Crippen MR) is 69.1 cm³/mol. The molecule has 2 rings (SSSR count). The molecule has 2 N–H and O–H groups in total. The lowest BCUT2D eigenvalue weighted by atomic mass is 9.79. The first kappa shape index (κ1) is 13.3. The van der Waals surface area contributed by atoms with Crippen LogP contribution in [0.2, 0.25) is 0 Å². The lowest BCUT2D eigenvalue weighted by molar-refractivity contribution is 0.00337. The molecule has 2 aliphatic carbocycles. The summed E-state index contributed by atoms with van der Waals surface area (Å²) in [6, 6.07) is 0.617. The van der Waals surface area contributed by atoms with E-state index in [0.717, 1.165) is 19.3 Å². The van der Waals surface area contributed by atoms with Gasteiger partial charge in [-0.25, -0.2) is 0 Å². The average Bonchev–Trinajstić information content (AvgIpc) is 2.40. The highest BCUT2D eigenvalue weighted by Crippen LogP contribution is 2.31. The van der Waals surface area contributed by atoms with E-state index in [-0.39, 0.29) is 12.1 Å². The Morgan fingerprint density at radius 3 is 2.59 bits per heavy atom. The van der Waals surface area contributed by atoms with E-state index >= 15 is 0 Å². The fourth-order valence-corrected chi connectivity index (χ4v) is 3.51. The van der Waals surface area contributed by atoms with E-state index in [9.17, 15) is 5.11 Å². The van der Waals surface area contributed by atoms with Gasteiger partial charge in [0.2, 0.25) is 0 Å². The molecule has 2 unspecified atom stereocenters. The Hall–Kier alpha value is -0.120. The van der Waals surface area contributed by atoms with Crippen molar-refractivity contribution in [3.8, 4) is 0 Å². The Labute approximate surface area is 105 Å². The molecular weight excluding hydrogens is 214 g/mol. The maximum absolute atomic E-state index is 9.77. The first-order valence-corrected chi connectivity index (χ1v) is 7.19. The van der Waals surface area contributed by atoms with Gasteiger partial charge in [-0.15, -0.1) is 0 Å². The molecule has 0 aromatic carbocycles. The summed E-state index contributed by atoms with van der Waals surface area (Å²) >= 11 is 0. The molecule has 17 heavy (non-hydrogen) atoms. The topological polar surface area (TPSA) is 41.5 Å². The summed E-state index contributed by atoms with van der Waals surface area (Å²) in [5.41, 5.74) is -0.0685. The number of ether oxygens (including phenoxy) is 1. The zero-order valence-corrected chi connectivity index (χ0v) is 11.1. The van der Waals surface area contributed by atoms with Gasteiger partial charge in [0.1, 0.15) is 0 Å². The van der Waals surface area contributed by atoms with Crippen molar-refractivity contribution >= 4 is 0 Å². The highest BCUT2D eigenvalue weighted by Gasteiger charge is 2.37. The fraction of sp³-hybridized carbons (Fsp3) is 1.00. The van der Waals surface area contributed by atoms with Gasteiger partial charge < -0.3 is 15.2 Å². The third-order valence-corrected chi connectivity index (χ3v) is 4.55. The first-order chi connectivity index (χ1) is 8.28. The van der Waals surface area contributed by atoms with Crippen LogP contribution in [0, 0.1) is 0 Å². The van der Waals surface area contributed by atoms with Gasteiger partial charge >= 0.3 is 0 Å². The molecule has 3 nitrogen and oxygen atoms in total. The molecule has 0 radical (unpaired) electrons. The molecule has 100 valence electrons. The molecule has 3 heteroatoms. The van der Waals surface area contributed by atoms with Crippen LogP contribution in [0.3, 0.4) is 0 Å². The lowest BCUT2D eigenvalue weighted by Crippen LogP contribution is -2.56. The molecular formula is C14H27NO2. The molecule has 0 aromatic rings. The second-order valence-corrected chi connectivity index (χ2v) is 5.87. The summed E-state index contributed by atoms with van der Waals surface area (Å²) in [7, 11) is 1.79. The molecule has 2 aliphatic rings. The van der Waals surface area contributed by atoms with Gasteiger partial charge in [0.15, 0.2) is 0 Å². The van der Waals surface area contributed by atoms with Crippen molar-refractivity contribution in [3.63, 3.8) is 0 Å². The molecule has 0 heterocycles. The summed E-state index contributed by atoms with van der Waals surface area (Å²) in [5.74, 6) is 0. The minimum atomic E-state index is -0.0685. The number of hydrogen-bond acceptors (Lipinski definition) is 3. The summed E-state index contributed by atoms with van der Waals surface area (Å²) in [6.45, 7) is 0.253. The van der Waals surface area contributed by atoms with Gasteiger partial charge in [0.05, 0.1) is 12.7 Å². The van der Waals surface area contributed by atoms with Gasteiger partial charge in [-0.1, -0.05) is 19.3 Å². The molecule has 0 amide bonds. The van der Waals surface area contributed by atoms with E-state index in [1.54, 1.807) is 7.11 Å². The second kappa shape index (κ2) is 6.17. The van der Waals surface area contributed by atoms with Crippen LogP contribution in [-0.2, 0) is 4.74 Å². The highest BCUT2D eigenvalue weighted by molar-refractivity contribution is 4.96. The second-order valence-electron chi connectivity index (χ2n) is 5.87. The van der Waals surface area contributed by atoms with E-state index in [0.29, 0.717) is 12.1 Å². The van der Waals surface area contributed by atoms with Crippen molar-refractivity contribution in [2.24, 2.45) is 0 Å². The normalized spacial score (nSPS) is 36.0. The molecule has 0 aliphatic heterocycles. The minimum absolute atomic E-state index is 0.0685. The number of nitrogens with one attached hydrogen (secondary N) is 1. The molecule has 2 atom stereocenters. The monoisotopic (exact) mass is 241 g/mol. The maximum Gasteiger partial charge on any atom is 0.0614 e. The Morgan fingerprint density at radius 1 is 1.18 bits per heavy atom. The van der Waals surface area contributed by atoms with E-state index in [1.165, 1.54) is 38.5 Å². The molecule has 0 aromatic heterocycles. The summed E-state index contributed by atoms with van der Waals surface area (Å²) in [5, 5.41) is 13.5. The minimum Gasteiger partial charge on any atom is -0.394 e. The third kappa shape index (κ3) is 3.43. The molecule has 0 spiro atoms. The third-order valence-electron chi connectivity index (χ3n) is 4.55. The number of aliphatic hydroxyl groups excluding tert-OH is 1. The molecule has 2 saturated carbocycles. The van der Waals surface area contributed by atoms with E-state index in [2.05, 4.69) is 5.32 Å². The predicted octanol–water partition coefficient (Wildman–Crippen LogP) is 2.23. The van der Waals surface area contributed by atoms with Crippen LogP contribution >= 0.6 is 0 Å². The van der Waals surface area contributed by atoms with Gasteiger partial charge in [0, 0.05) is 18.7 Å². The molecule has 0 bridgehead atoms. The maximum atomic E-state index is 9.77. The van der Waals surface area contributed by atoms with Crippen molar-refractivity contribution in [1.29, 1.82) is 0 Å². The standard InChI is InChI=1S/C14H27NO2/c1-17-13-8-5-9-14(10-13,11-16)15-12-6-3-2-4-7-12/h12-13,15-16H,2-11H2,1H3. The molecule has 2 fully saturated rings. The number of hydrogen-bond donors (Lipinski definition) is 2. The molecule has 0 saturated heterocycles. The van der Waals surface area contributed by atoms with Crippen LogP contribution < -0.4 is 5.32 Å². The quantitative estimate of drug-likeness (QED) is 0.793.